The Labute approximate surface area is 532 Å². The molecule has 0 spiro atoms. The summed E-state index contributed by atoms with van der Waals surface area (Å²) in [5.74, 6) is -0.0393. The molecule has 0 bridgehead atoms. The molecular formula is C79H151NO5. The summed E-state index contributed by atoms with van der Waals surface area (Å²) < 4.78 is 5.52. The van der Waals surface area contributed by atoms with Gasteiger partial charge in [-0.15, -0.1) is 0 Å². The summed E-state index contributed by atoms with van der Waals surface area (Å²) in [5, 5.41) is 23.1. The molecule has 0 saturated heterocycles. The van der Waals surface area contributed by atoms with Gasteiger partial charge in [0, 0.05) is 12.8 Å². The minimum absolute atomic E-state index is 0.0252. The predicted molar refractivity (Wildman–Crippen MR) is 375 cm³/mol. The summed E-state index contributed by atoms with van der Waals surface area (Å²) in [6.45, 7) is 4.93. The fourth-order valence-corrected chi connectivity index (χ4v) is 12.3. The van der Waals surface area contributed by atoms with Gasteiger partial charge in [0.05, 0.1) is 25.4 Å². The van der Waals surface area contributed by atoms with E-state index in [1.807, 2.05) is 6.08 Å². The molecule has 0 aliphatic rings. The van der Waals surface area contributed by atoms with Gasteiger partial charge in [0.1, 0.15) is 0 Å². The number of aliphatic hydroxyl groups excluding tert-OH is 2. The molecule has 0 heterocycles. The molecule has 6 heteroatoms. The van der Waals surface area contributed by atoms with Crippen LogP contribution in [0.5, 0.6) is 0 Å². The molecule has 0 aromatic rings. The van der Waals surface area contributed by atoms with Gasteiger partial charge in [0.2, 0.25) is 5.91 Å². The lowest BCUT2D eigenvalue weighted by atomic mass is 10.0. The Morgan fingerprint density at radius 2 is 0.588 bits per heavy atom. The van der Waals surface area contributed by atoms with Gasteiger partial charge < -0.3 is 20.3 Å². The fraction of sp³-hybridized carbons (Fsp3) is 0.899. The second kappa shape index (κ2) is 74.5. The lowest BCUT2D eigenvalue weighted by molar-refractivity contribution is -0.143. The van der Waals surface area contributed by atoms with Crippen molar-refractivity contribution in [2.24, 2.45) is 0 Å². The highest BCUT2D eigenvalue weighted by Gasteiger charge is 2.18. The number of carbonyl (C=O) groups excluding carboxylic acids is 2. The van der Waals surface area contributed by atoms with Crippen molar-refractivity contribution >= 4 is 11.9 Å². The van der Waals surface area contributed by atoms with Crippen LogP contribution in [0.3, 0.4) is 0 Å². The maximum absolute atomic E-state index is 12.4. The van der Waals surface area contributed by atoms with Crippen molar-refractivity contribution in [1.82, 2.24) is 5.32 Å². The van der Waals surface area contributed by atoms with Crippen molar-refractivity contribution in [1.29, 1.82) is 0 Å². The van der Waals surface area contributed by atoms with Gasteiger partial charge in [-0.05, 0) is 64.2 Å². The van der Waals surface area contributed by atoms with Crippen LogP contribution in [0.2, 0.25) is 0 Å². The first kappa shape index (κ1) is 83.1. The highest BCUT2D eigenvalue weighted by atomic mass is 16.5. The van der Waals surface area contributed by atoms with Crippen molar-refractivity contribution in [3.8, 4) is 0 Å². The monoisotopic (exact) mass is 1190 g/mol. The number of hydrogen-bond acceptors (Lipinski definition) is 5. The second-order valence-corrected chi connectivity index (χ2v) is 26.7. The molecule has 1 amide bonds. The summed E-state index contributed by atoms with van der Waals surface area (Å²) in [6.07, 6.45) is 97.1. The van der Waals surface area contributed by atoms with Crippen LogP contribution in [-0.4, -0.2) is 47.4 Å². The van der Waals surface area contributed by atoms with E-state index in [0.29, 0.717) is 19.4 Å². The summed E-state index contributed by atoms with van der Waals surface area (Å²) in [7, 11) is 0. The standard InChI is InChI=1S/C79H151NO5/c1-3-5-7-9-11-13-15-16-17-18-43-46-49-53-57-61-65-69-73-79(84)85-74-70-66-62-58-54-50-47-44-41-39-37-35-33-31-29-27-25-23-21-19-20-22-24-26-28-30-32-34-36-38-40-42-45-48-52-56-60-64-68-72-78(83)80-76(75-81)77(82)71-67-63-59-55-51-14-12-10-8-6-4-2/h19-20,23,25,67,71,76-77,81-82H,3-18,21-22,24,26-66,68-70,72-75H2,1-2H3,(H,80,83)/b20-19-,25-23-,71-67+. The normalized spacial score (nSPS) is 12.7. The second-order valence-electron chi connectivity index (χ2n) is 26.7. The number of carbonyl (C=O) groups is 2. The largest absolute Gasteiger partial charge is 0.466 e. The minimum Gasteiger partial charge on any atom is -0.466 e. The minimum atomic E-state index is -0.841. The zero-order chi connectivity index (χ0) is 61.3. The molecule has 0 rings (SSSR count). The first-order valence-electron chi connectivity index (χ1n) is 38.8. The van der Waals surface area contributed by atoms with Crippen molar-refractivity contribution in [3.63, 3.8) is 0 Å². The lowest BCUT2D eigenvalue weighted by Gasteiger charge is -2.20. The summed E-state index contributed by atoms with van der Waals surface area (Å²) in [5.41, 5.74) is 0. The number of nitrogens with one attached hydrogen (secondary N) is 1. The first-order valence-corrected chi connectivity index (χ1v) is 38.8. The maximum Gasteiger partial charge on any atom is 0.305 e. The predicted octanol–water partition coefficient (Wildman–Crippen LogP) is 25.4. The molecule has 0 radical (unpaired) electrons. The maximum atomic E-state index is 12.4. The molecule has 0 aromatic heterocycles. The lowest BCUT2D eigenvalue weighted by Crippen LogP contribution is -2.45. The Morgan fingerprint density at radius 3 is 0.894 bits per heavy atom. The smallest absolute Gasteiger partial charge is 0.305 e. The van der Waals surface area contributed by atoms with Crippen molar-refractivity contribution in [2.75, 3.05) is 13.2 Å². The SMILES string of the molecule is CCCCCCCCCCC/C=C/C(O)C(CO)NC(=O)CCCCCCCCCCCCCCCCCCC/C=C\C/C=C\CCCCCCCCCCCCCCCCCOC(=O)CCCCCCCCCCCCCCCCCCCC. The van der Waals surface area contributed by atoms with Crippen LogP contribution in [-0.2, 0) is 14.3 Å². The van der Waals surface area contributed by atoms with Crippen molar-refractivity contribution < 1.29 is 24.5 Å². The Hall–Kier alpha value is -1.92. The number of ether oxygens (including phenoxy) is 1. The Kier molecular flexibility index (Phi) is 72.9. The Bertz CT molecular complexity index is 1380. The Balaban J connectivity index is 3.33. The van der Waals surface area contributed by atoms with Gasteiger partial charge in [0.25, 0.3) is 0 Å². The van der Waals surface area contributed by atoms with Gasteiger partial charge in [-0.1, -0.05) is 391 Å². The van der Waals surface area contributed by atoms with Crippen LogP contribution in [0, 0.1) is 0 Å². The highest BCUT2D eigenvalue weighted by molar-refractivity contribution is 5.76. The number of aliphatic hydroxyl groups is 2. The first-order chi connectivity index (χ1) is 42.0. The van der Waals surface area contributed by atoms with Gasteiger partial charge in [-0.2, -0.15) is 0 Å². The van der Waals surface area contributed by atoms with E-state index in [9.17, 15) is 19.8 Å². The van der Waals surface area contributed by atoms with Gasteiger partial charge in [-0.25, -0.2) is 0 Å². The molecule has 6 nitrogen and oxygen atoms in total. The zero-order valence-electron chi connectivity index (χ0n) is 57.6. The molecule has 0 saturated carbocycles. The van der Waals surface area contributed by atoms with E-state index in [-0.39, 0.29) is 18.5 Å². The van der Waals surface area contributed by atoms with Crippen molar-refractivity contribution in [3.05, 3.63) is 36.5 Å². The molecule has 2 unspecified atom stereocenters. The van der Waals surface area contributed by atoms with E-state index >= 15 is 0 Å². The highest BCUT2D eigenvalue weighted by Crippen LogP contribution is 2.19. The van der Waals surface area contributed by atoms with Crippen LogP contribution in [0.1, 0.15) is 431 Å². The summed E-state index contributed by atoms with van der Waals surface area (Å²) in [6, 6.07) is -0.624. The third-order valence-corrected chi connectivity index (χ3v) is 18.2. The number of unbranched alkanes of at least 4 members (excludes halogenated alkanes) is 58. The van der Waals surface area contributed by atoms with Crippen LogP contribution in [0.25, 0.3) is 0 Å². The van der Waals surface area contributed by atoms with Gasteiger partial charge in [0.15, 0.2) is 0 Å². The van der Waals surface area contributed by atoms with Crippen LogP contribution < -0.4 is 5.32 Å². The van der Waals surface area contributed by atoms with Gasteiger partial charge >= 0.3 is 5.97 Å². The average molecular weight is 1200 g/mol. The van der Waals surface area contributed by atoms with Gasteiger partial charge in [-0.3, -0.25) is 9.59 Å². The van der Waals surface area contributed by atoms with E-state index in [2.05, 4.69) is 43.5 Å². The van der Waals surface area contributed by atoms with E-state index in [1.54, 1.807) is 6.08 Å². The molecule has 0 aliphatic heterocycles. The van der Waals surface area contributed by atoms with E-state index in [1.165, 1.54) is 360 Å². The van der Waals surface area contributed by atoms with Crippen LogP contribution >= 0.6 is 0 Å². The third-order valence-electron chi connectivity index (χ3n) is 18.2. The average Bonchev–Trinajstić information content (AvgIpc) is 3.55. The Morgan fingerprint density at radius 1 is 0.329 bits per heavy atom. The van der Waals surface area contributed by atoms with E-state index in [4.69, 9.17) is 4.74 Å². The van der Waals surface area contributed by atoms with Crippen LogP contribution in [0.4, 0.5) is 0 Å². The topological polar surface area (TPSA) is 95.9 Å². The zero-order valence-corrected chi connectivity index (χ0v) is 57.6. The number of amides is 1. The number of rotatable bonds is 73. The molecule has 0 fully saturated rings. The molecule has 3 N–H and O–H groups in total. The molecule has 2 atom stereocenters. The molecular weight excluding hydrogens is 1040 g/mol. The van der Waals surface area contributed by atoms with E-state index < -0.39 is 12.1 Å². The number of hydrogen-bond donors (Lipinski definition) is 3. The molecule has 85 heavy (non-hydrogen) atoms. The summed E-state index contributed by atoms with van der Waals surface area (Å²) >= 11 is 0. The van der Waals surface area contributed by atoms with E-state index in [0.717, 1.165) is 44.9 Å². The number of allylic oxidation sites excluding steroid dienone is 5. The molecule has 0 aliphatic carbocycles. The molecule has 0 aromatic carbocycles. The van der Waals surface area contributed by atoms with Crippen molar-refractivity contribution in [2.45, 2.75) is 443 Å². The third kappa shape index (κ3) is 71.0. The number of esters is 1. The van der Waals surface area contributed by atoms with Crippen LogP contribution in [0.15, 0.2) is 36.5 Å². The fourth-order valence-electron chi connectivity index (χ4n) is 12.3. The summed E-state index contributed by atoms with van der Waals surface area (Å²) in [4.78, 5) is 24.6. The molecule has 502 valence electrons. The quantitative estimate of drug-likeness (QED) is 0.0320.